The Bertz CT molecular complexity index is 743. The Balaban J connectivity index is 1.73. The molecule has 1 aromatic heterocycles. The van der Waals surface area contributed by atoms with Crippen LogP contribution in [0.1, 0.15) is 17.5 Å². The number of hydrogen-bond acceptors (Lipinski definition) is 5. The summed E-state index contributed by atoms with van der Waals surface area (Å²) in [5, 5.41) is 15.4. The van der Waals surface area contributed by atoms with Gasteiger partial charge in [0.1, 0.15) is 19.2 Å². The second kappa shape index (κ2) is 7.90. The minimum atomic E-state index is -1.13. The number of nitrogens with zero attached hydrogens (tertiary/aromatic N) is 3. The van der Waals surface area contributed by atoms with Crippen molar-refractivity contribution in [3.8, 4) is 0 Å². The van der Waals surface area contributed by atoms with E-state index in [0.717, 1.165) is 16.1 Å². The predicted octanol–water partition coefficient (Wildman–Crippen LogP) is 3.35. The van der Waals surface area contributed by atoms with Crippen molar-refractivity contribution in [1.29, 1.82) is 0 Å². The molecule has 3 rings (SSSR count). The van der Waals surface area contributed by atoms with Crippen LogP contribution in [0.2, 0.25) is 25.7 Å². The number of benzene rings is 1. The summed E-state index contributed by atoms with van der Waals surface area (Å²) in [6.45, 7) is 8.86. The van der Waals surface area contributed by atoms with Gasteiger partial charge in [0.25, 0.3) is 0 Å². The maximum absolute atomic E-state index is 11.1. The molecule has 0 amide bonds. The summed E-state index contributed by atoms with van der Waals surface area (Å²) in [6.07, 6.45) is 0.655. The summed E-state index contributed by atoms with van der Waals surface area (Å²) in [4.78, 5) is 4.30. The topological polar surface area (TPSA) is 69.4 Å². The van der Waals surface area contributed by atoms with Crippen molar-refractivity contribution < 1.29 is 14.6 Å². The Labute approximate surface area is 163 Å². The number of aliphatic hydroxyl groups excluding tert-OH is 1. The molecule has 0 spiro atoms. The molecule has 142 valence electrons. The lowest BCUT2D eigenvalue weighted by molar-refractivity contribution is -0.126. The van der Waals surface area contributed by atoms with Crippen molar-refractivity contribution in [2.75, 3.05) is 19.8 Å². The molecule has 1 saturated heterocycles. The number of hydrogen-bond donors (Lipinski definition) is 1. The van der Waals surface area contributed by atoms with E-state index in [4.69, 9.17) is 9.47 Å². The minimum Gasteiger partial charge on any atom is -0.384 e. The van der Waals surface area contributed by atoms with Crippen LogP contribution < -0.4 is 0 Å². The molecule has 26 heavy (non-hydrogen) atoms. The first-order valence-corrected chi connectivity index (χ1v) is 13.3. The van der Waals surface area contributed by atoms with Crippen molar-refractivity contribution in [2.45, 2.75) is 43.9 Å². The molecule has 1 aliphatic rings. The van der Waals surface area contributed by atoms with Gasteiger partial charge >= 0.3 is 0 Å². The molecular formula is C18H26BrN3O3Si. The maximum atomic E-state index is 11.1. The molecule has 1 N–H and O–H groups in total. The normalized spacial score (nSPS) is 17.7. The highest BCUT2D eigenvalue weighted by Gasteiger charge is 2.49. The van der Waals surface area contributed by atoms with Gasteiger partial charge in [-0.1, -0.05) is 47.7 Å². The molecule has 8 heteroatoms. The average Bonchev–Trinajstić information content (AvgIpc) is 2.98. The Morgan fingerprint density at radius 1 is 1.38 bits per heavy atom. The second-order valence-corrected chi connectivity index (χ2v) is 14.6. The molecule has 1 aromatic carbocycles. The van der Waals surface area contributed by atoms with Gasteiger partial charge in [-0.2, -0.15) is 5.10 Å². The smallest absolute Gasteiger partial charge is 0.159 e. The first-order chi connectivity index (χ1) is 12.3. The highest BCUT2D eigenvalue weighted by molar-refractivity contribution is 9.10. The Morgan fingerprint density at radius 2 is 2.15 bits per heavy atom. The Morgan fingerprint density at radius 3 is 2.77 bits per heavy atom. The van der Waals surface area contributed by atoms with E-state index in [1.165, 1.54) is 6.33 Å². The summed E-state index contributed by atoms with van der Waals surface area (Å²) < 4.78 is 13.9. The van der Waals surface area contributed by atoms with Crippen molar-refractivity contribution in [2.24, 2.45) is 0 Å². The first-order valence-electron chi connectivity index (χ1n) is 8.79. The van der Waals surface area contributed by atoms with Crippen molar-refractivity contribution in [1.82, 2.24) is 14.8 Å². The Hall–Kier alpha value is -1.06. The minimum absolute atomic E-state index is 0.298. The largest absolute Gasteiger partial charge is 0.384 e. The van der Waals surface area contributed by atoms with Crippen LogP contribution in [0.4, 0.5) is 0 Å². The first kappa shape index (κ1) is 19.7. The van der Waals surface area contributed by atoms with E-state index in [0.29, 0.717) is 32.4 Å². The highest BCUT2D eigenvalue weighted by Crippen LogP contribution is 2.43. The quantitative estimate of drug-likeness (QED) is 0.504. The van der Waals surface area contributed by atoms with Crippen LogP contribution in [0.15, 0.2) is 35.1 Å². The van der Waals surface area contributed by atoms with Gasteiger partial charge in [-0.3, -0.25) is 0 Å². The van der Waals surface area contributed by atoms with Crippen molar-refractivity contribution in [3.05, 3.63) is 46.5 Å². The van der Waals surface area contributed by atoms with Gasteiger partial charge in [0.2, 0.25) is 0 Å². The number of halogens is 1. The third-order valence-electron chi connectivity index (χ3n) is 4.74. The fourth-order valence-electron chi connectivity index (χ4n) is 2.96. The number of aromatic nitrogens is 3. The number of aliphatic hydroxyl groups is 1. The van der Waals surface area contributed by atoms with Gasteiger partial charge in [-0.25, -0.2) is 9.67 Å². The third-order valence-corrected chi connectivity index (χ3v) is 6.94. The predicted molar refractivity (Wildman–Crippen MR) is 106 cm³/mol. The maximum Gasteiger partial charge on any atom is 0.159 e. The molecule has 6 nitrogen and oxygen atoms in total. The standard InChI is InChI=1S/C18H26BrN3O3Si/c1-26(2,3)8-7-24-13-22-17(20-12-21-22)16(23)18(10-25-11-18)14-5-4-6-15(19)9-14/h4-6,9,12,16,23H,7-8,10-11,13H2,1-3H3. The molecule has 1 fully saturated rings. The van der Waals surface area contributed by atoms with Gasteiger partial charge in [0.15, 0.2) is 5.82 Å². The molecule has 1 atom stereocenters. The van der Waals surface area contributed by atoms with Crippen LogP contribution in [-0.2, 0) is 21.6 Å². The van der Waals surface area contributed by atoms with Gasteiger partial charge in [-0.05, 0) is 23.7 Å². The van der Waals surface area contributed by atoms with E-state index >= 15 is 0 Å². The average molecular weight is 440 g/mol. The lowest BCUT2D eigenvalue weighted by Crippen LogP contribution is -2.52. The molecule has 0 radical (unpaired) electrons. The van der Waals surface area contributed by atoms with Crippen LogP contribution in [-0.4, -0.2) is 47.8 Å². The van der Waals surface area contributed by atoms with E-state index in [-0.39, 0.29) is 0 Å². The second-order valence-electron chi connectivity index (χ2n) is 8.03. The van der Waals surface area contributed by atoms with Gasteiger partial charge in [0, 0.05) is 19.2 Å². The third kappa shape index (κ3) is 4.25. The fourth-order valence-corrected chi connectivity index (χ4v) is 4.12. The lowest BCUT2D eigenvalue weighted by Gasteiger charge is -2.44. The van der Waals surface area contributed by atoms with Crippen LogP contribution in [0.5, 0.6) is 0 Å². The molecule has 0 aliphatic carbocycles. The molecule has 1 unspecified atom stereocenters. The summed E-state index contributed by atoms with van der Waals surface area (Å²) in [6, 6.07) is 9.07. The zero-order valence-electron chi connectivity index (χ0n) is 15.5. The Kier molecular flexibility index (Phi) is 5.98. The van der Waals surface area contributed by atoms with Crippen LogP contribution in [0, 0.1) is 0 Å². The zero-order valence-corrected chi connectivity index (χ0v) is 18.1. The van der Waals surface area contributed by atoms with Crippen molar-refractivity contribution >= 4 is 24.0 Å². The molecule has 2 heterocycles. The monoisotopic (exact) mass is 439 g/mol. The van der Waals surface area contributed by atoms with E-state index in [1.54, 1.807) is 4.68 Å². The van der Waals surface area contributed by atoms with E-state index in [2.05, 4.69) is 45.7 Å². The number of rotatable bonds is 8. The van der Waals surface area contributed by atoms with Crippen LogP contribution >= 0.6 is 15.9 Å². The molecule has 2 aromatic rings. The lowest BCUT2D eigenvalue weighted by atomic mass is 9.73. The van der Waals surface area contributed by atoms with Crippen molar-refractivity contribution in [3.63, 3.8) is 0 Å². The van der Waals surface area contributed by atoms with E-state index in [1.807, 2.05) is 24.3 Å². The van der Waals surface area contributed by atoms with E-state index in [9.17, 15) is 5.11 Å². The molecule has 1 aliphatic heterocycles. The molecule has 0 bridgehead atoms. The van der Waals surface area contributed by atoms with Gasteiger partial charge < -0.3 is 14.6 Å². The fraction of sp³-hybridized carbons (Fsp3) is 0.556. The highest BCUT2D eigenvalue weighted by atomic mass is 79.9. The molecule has 0 saturated carbocycles. The zero-order chi connectivity index (χ0) is 18.8. The summed E-state index contributed by atoms with van der Waals surface area (Å²) in [7, 11) is -1.13. The number of ether oxygens (including phenoxy) is 2. The molecular weight excluding hydrogens is 414 g/mol. The van der Waals surface area contributed by atoms with Crippen LogP contribution in [0.25, 0.3) is 0 Å². The SMILES string of the molecule is C[Si](C)(C)CCOCn1ncnc1C(O)C1(c2cccc(Br)c2)COC1. The summed E-state index contributed by atoms with van der Waals surface area (Å²) >= 11 is 3.51. The van der Waals surface area contributed by atoms with Gasteiger partial charge in [-0.15, -0.1) is 0 Å². The van der Waals surface area contributed by atoms with E-state index < -0.39 is 19.6 Å². The summed E-state index contributed by atoms with van der Waals surface area (Å²) in [5.41, 5.74) is 0.521. The van der Waals surface area contributed by atoms with Crippen LogP contribution in [0.3, 0.4) is 0 Å². The van der Waals surface area contributed by atoms with Gasteiger partial charge in [0.05, 0.1) is 18.6 Å². The summed E-state index contributed by atoms with van der Waals surface area (Å²) in [5.74, 6) is 0.515.